The van der Waals surface area contributed by atoms with Gasteiger partial charge in [-0.15, -0.1) is 0 Å². The van der Waals surface area contributed by atoms with Gasteiger partial charge in [0.15, 0.2) is 0 Å². The van der Waals surface area contributed by atoms with E-state index in [-0.39, 0.29) is 31.5 Å². The number of ether oxygens (including phenoxy) is 2. The number of halogens is 1. The van der Waals surface area contributed by atoms with Crippen LogP contribution in [0.2, 0.25) is 5.02 Å². The Morgan fingerprint density at radius 2 is 1.74 bits per heavy atom. The van der Waals surface area contributed by atoms with Crippen LogP contribution in [0.3, 0.4) is 0 Å². The number of piperidine rings is 1. The monoisotopic (exact) mass is 635 g/mol. The highest BCUT2D eigenvalue weighted by Gasteiger charge is 2.50. The van der Waals surface area contributed by atoms with E-state index in [2.05, 4.69) is 15.2 Å². The molecule has 3 atom stereocenters. The summed E-state index contributed by atoms with van der Waals surface area (Å²) in [6, 6.07) is 5.52. The fourth-order valence-electron chi connectivity index (χ4n) is 4.71. The van der Waals surface area contributed by atoms with Crippen LogP contribution in [0.5, 0.6) is 0 Å². The van der Waals surface area contributed by atoms with Gasteiger partial charge in [-0.05, 0) is 50.8 Å². The summed E-state index contributed by atoms with van der Waals surface area (Å²) in [6.07, 6.45) is -1.89. The second kappa shape index (κ2) is 13.9. The molecule has 1 aromatic carbocycles. The van der Waals surface area contributed by atoms with Crippen molar-refractivity contribution in [1.82, 2.24) is 15.5 Å². The zero-order chi connectivity index (χ0) is 32.1. The van der Waals surface area contributed by atoms with Crippen LogP contribution >= 0.6 is 19.4 Å². The predicted octanol–water partition coefficient (Wildman–Crippen LogP) is 3.54. The van der Waals surface area contributed by atoms with Crippen LogP contribution in [0.25, 0.3) is 0 Å². The van der Waals surface area contributed by atoms with Crippen molar-refractivity contribution in [3.63, 3.8) is 0 Å². The van der Waals surface area contributed by atoms with E-state index in [1.165, 1.54) is 20.8 Å². The third-order valence-electron chi connectivity index (χ3n) is 7.09. The minimum atomic E-state index is -4.74. The smallest absolute Gasteiger partial charge is 0.432 e. The van der Waals surface area contributed by atoms with Gasteiger partial charge in [0.1, 0.15) is 24.4 Å². The summed E-state index contributed by atoms with van der Waals surface area (Å²) in [7, 11) is -4.74. The Kier molecular flexibility index (Phi) is 11.9. The highest BCUT2D eigenvalue weighted by Crippen LogP contribution is 2.46. The first-order chi connectivity index (χ1) is 19.2. The molecule has 238 valence electrons. The van der Waals surface area contributed by atoms with Crippen LogP contribution in [-0.4, -0.2) is 81.9 Å². The van der Waals surface area contributed by atoms with E-state index < -0.39 is 55.4 Å². The average molecular weight is 636 g/mol. The fraction of sp³-hybridized carbons (Fsp3) is 0.667. The number of phosphoric ester groups is 1. The second-order valence-corrected chi connectivity index (χ2v) is 13.8. The summed E-state index contributed by atoms with van der Waals surface area (Å²) in [6.45, 7) is 11.7. The zero-order valence-electron chi connectivity index (χ0n) is 25.0. The largest absolute Gasteiger partial charge is 0.508 e. The number of amides is 3. The molecule has 3 amide bonds. The van der Waals surface area contributed by atoms with E-state index >= 15 is 0 Å². The first-order valence-electron chi connectivity index (χ1n) is 13.6. The number of rotatable bonds is 11. The van der Waals surface area contributed by atoms with Crippen LogP contribution in [0.4, 0.5) is 9.59 Å². The Hall–Kier alpha value is -2.41. The molecule has 0 saturated carbocycles. The number of benzene rings is 1. The fourth-order valence-corrected chi connectivity index (χ4v) is 5.36. The molecule has 1 aliphatic rings. The summed E-state index contributed by atoms with van der Waals surface area (Å²) in [5.41, 5.74) is -2.38. The molecule has 0 bridgehead atoms. The lowest BCUT2D eigenvalue weighted by Crippen LogP contribution is -2.61. The number of carbonyl (C=O) groups excluding carboxylic acids is 3. The van der Waals surface area contributed by atoms with Gasteiger partial charge in [0.25, 0.3) is 0 Å². The zero-order valence-corrected chi connectivity index (χ0v) is 26.7. The molecule has 1 fully saturated rings. The van der Waals surface area contributed by atoms with Gasteiger partial charge in [-0.25, -0.2) is 14.2 Å². The van der Waals surface area contributed by atoms with Crippen molar-refractivity contribution in [1.29, 1.82) is 0 Å². The summed E-state index contributed by atoms with van der Waals surface area (Å²) < 4.78 is 25.2. The topological polar surface area (TPSA) is 184 Å². The molecule has 1 saturated heterocycles. The summed E-state index contributed by atoms with van der Waals surface area (Å²) in [5.74, 6) is -0.530. The molecule has 0 spiro atoms. The maximum absolute atomic E-state index is 13.6. The van der Waals surface area contributed by atoms with E-state index in [1.807, 2.05) is 27.7 Å². The van der Waals surface area contributed by atoms with Crippen molar-refractivity contribution >= 4 is 37.5 Å². The number of nitrogens with one attached hydrogen (secondary N) is 2. The molecule has 1 heterocycles. The number of phosphoric acid groups is 1. The van der Waals surface area contributed by atoms with Crippen molar-refractivity contribution in [3.8, 4) is 0 Å². The number of aliphatic hydroxyl groups is 1. The number of hydrogen-bond acceptors (Lipinski definition) is 8. The Morgan fingerprint density at radius 3 is 2.26 bits per heavy atom. The number of nitrogens with zero attached hydrogens (tertiary/aromatic N) is 1. The van der Waals surface area contributed by atoms with Gasteiger partial charge in [0, 0.05) is 23.5 Å². The molecule has 2 rings (SSSR count). The van der Waals surface area contributed by atoms with Gasteiger partial charge < -0.3 is 39.9 Å². The van der Waals surface area contributed by atoms with Gasteiger partial charge in [0.05, 0.1) is 12.1 Å². The Bertz CT molecular complexity index is 1160. The van der Waals surface area contributed by atoms with Crippen molar-refractivity contribution < 1.29 is 47.8 Å². The lowest BCUT2D eigenvalue weighted by molar-refractivity contribution is -0.155. The lowest BCUT2D eigenvalue weighted by atomic mass is 9.66. The molecule has 5 N–H and O–H groups in total. The molecule has 1 aromatic rings. The minimum Gasteiger partial charge on any atom is -0.432 e. The van der Waals surface area contributed by atoms with Gasteiger partial charge in [-0.3, -0.25) is 9.32 Å². The summed E-state index contributed by atoms with van der Waals surface area (Å²) in [5, 5.41) is 17.5. The van der Waals surface area contributed by atoms with Gasteiger partial charge >= 0.3 is 20.0 Å². The second-order valence-electron chi connectivity index (χ2n) is 12.1. The van der Waals surface area contributed by atoms with E-state index in [9.17, 15) is 24.1 Å². The molecule has 15 heteroatoms. The first-order valence-corrected chi connectivity index (χ1v) is 15.5. The lowest BCUT2D eigenvalue weighted by Gasteiger charge is -2.51. The molecular weight excluding hydrogens is 593 g/mol. The van der Waals surface area contributed by atoms with Crippen LogP contribution in [0, 0.1) is 11.3 Å². The van der Waals surface area contributed by atoms with E-state index in [0.717, 1.165) is 5.56 Å². The third-order valence-corrected chi connectivity index (χ3v) is 7.98. The molecule has 13 nitrogen and oxygen atoms in total. The molecule has 42 heavy (non-hydrogen) atoms. The quantitative estimate of drug-likeness (QED) is 0.178. The molecule has 0 radical (unpaired) electrons. The predicted molar refractivity (Wildman–Crippen MR) is 155 cm³/mol. The number of carbonyl (C=O) groups is 3. The van der Waals surface area contributed by atoms with Gasteiger partial charge in [0.2, 0.25) is 5.91 Å². The van der Waals surface area contributed by atoms with E-state index in [1.54, 1.807) is 29.2 Å². The Balaban J connectivity index is 1.94. The first kappa shape index (κ1) is 35.8. The van der Waals surface area contributed by atoms with Crippen molar-refractivity contribution in [3.05, 3.63) is 34.9 Å². The maximum Gasteiger partial charge on any atom is 0.508 e. The highest BCUT2D eigenvalue weighted by molar-refractivity contribution is 7.46. The SMILES string of the molecule is CC(COC(=O)OC(C)(C)CNC(=O)NC(C(=O)N1CC[C@](O)(c2ccc(Cl)cc2)C(C)(C)C1)C(C)C)OP(=O)(O)O. The van der Waals surface area contributed by atoms with Crippen LogP contribution in [0.15, 0.2) is 24.3 Å². The molecule has 0 aliphatic carbocycles. The third kappa shape index (κ3) is 10.1. The number of likely N-dealkylation sites (tertiary alicyclic amines) is 1. The standard InChI is InChI=1S/C27H43ClN3O10P/c1-17(2)21(22(32)31-13-12-27(35,25(4,5)16-31)19-8-10-20(28)11-9-19)30-23(33)29-15-26(6,7)40-24(34)39-14-18(3)41-42(36,37)38/h8-11,17-18,21,35H,12-16H2,1-7H3,(H2,29,30,33)(H2,36,37,38)/t18?,21?,27-/m0/s1. The normalized spacial score (nSPS) is 20.4. The Labute approximate surface area is 251 Å². The highest BCUT2D eigenvalue weighted by atomic mass is 35.5. The average Bonchev–Trinajstić information content (AvgIpc) is 2.85. The van der Waals surface area contributed by atoms with Crippen LogP contribution in [0.1, 0.15) is 60.5 Å². The van der Waals surface area contributed by atoms with Crippen LogP contribution < -0.4 is 10.6 Å². The summed E-state index contributed by atoms with van der Waals surface area (Å²) in [4.78, 5) is 57.6. The van der Waals surface area contributed by atoms with Gasteiger partial charge in [-0.1, -0.05) is 51.4 Å². The number of urea groups is 1. The van der Waals surface area contributed by atoms with Crippen molar-refractivity contribution in [2.75, 3.05) is 26.2 Å². The van der Waals surface area contributed by atoms with Gasteiger partial charge in [-0.2, -0.15) is 0 Å². The Morgan fingerprint density at radius 1 is 1.14 bits per heavy atom. The van der Waals surface area contributed by atoms with Crippen LogP contribution in [-0.2, 0) is 29.0 Å². The van der Waals surface area contributed by atoms with Crippen molar-refractivity contribution in [2.24, 2.45) is 11.3 Å². The maximum atomic E-state index is 13.6. The van der Waals surface area contributed by atoms with Crippen molar-refractivity contribution in [2.45, 2.75) is 78.2 Å². The minimum absolute atomic E-state index is 0.133. The van der Waals surface area contributed by atoms with E-state index in [0.29, 0.717) is 11.4 Å². The van der Waals surface area contributed by atoms with E-state index in [4.69, 9.17) is 30.9 Å². The number of hydrogen-bond donors (Lipinski definition) is 5. The molecule has 0 aromatic heterocycles. The summed E-state index contributed by atoms with van der Waals surface area (Å²) >= 11 is 6.02. The molecular formula is C27H43ClN3O10P. The molecule has 1 aliphatic heterocycles. The molecule has 2 unspecified atom stereocenters.